The van der Waals surface area contributed by atoms with Crippen molar-refractivity contribution in [3.8, 4) is 0 Å². The molecule has 4 unspecified atom stereocenters. The van der Waals surface area contributed by atoms with Gasteiger partial charge in [0, 0.05) is 35.2 Å². The third-order valence-electron chi connectivity index (χ3n) is 11.0. The number of thiazole rings is 1. The van der Waals surface area contributed by atoms with Crippen LogP contribution >= 0.6 is 11.3 Å². The molecule has 0 aromatic carbocycles. The van der Waals surface area contributed by atoms with E-state index in [1.54, 1.807) is 11.3 Å². The largest absolute Gasteiger partial charge is 0.391 e. The number of rotatable bonds is 4. The lowest BCUT2D eigenvalue weighted by Crippen LogP contribution is -2.85. The highest BCUT2D eigenvalue weighted by Crippen LogP contribution is 2.75. The summed E-state index contributed by atoms with van der Waals surface area (Å²) in [4.78, 5) is 22.7. The van der Waals surface area contributed by atoms with Gasteiger partial charge in [0.1, 0.15) is 11.5 Å². The molecule has 7 aliphatic rings. The first-order chi connectivity index (χ1) is 17.6. The lowest BCUT2D eigenvalue weighted by Gasteiger charge is -2.73. The number of Topliss-reactive ketones (excluding diaryl/α,β-unsaturated/α-hetero) is 1. The molecule has 4 heterocycles. The van der Waals surface area contributed by atoms with Crippen LogP contribution in [0.1, 0.15) is 56.5 Å². The summed E-state index contributed by atoms with van der Waals surface area (Å²) >= 11 is 1.66. The lowest BCUT2D eigenvalue weighted by molar-refractivity contribution is -0.429. The van der Waals surface area contributed by atoms with E-state index in [-0.39, 0.29) is 29.6 Å². The Kier molecular flexibility index (Phi) is 5.24. The van der Waals surface area contributed by atoms with Crippen molar-refractivity contribution in [2.24, 2.45) is 28.6 Å². The summed E-state index contributed by atoms with van der Waals surface area (Å²) in [6.45, 7) is 12.6. The molecule has 3 aliphatic heterocycles. The minimum absolute atomic E-state index is 0.183. The van der Waals surface area contributed by atoms with Crippen molar-refractivity contribution in [3.63, 3.8) is 0 Å². The molecule has 202 valence electrons. The van der Waals surface area contributed by atoms with Crippen LogP contribution in [0.4, 0.5) is 5.13 Å². The predicted molar refractivity (Wildman–Crippen MR) is 139 cm³/mol. The third-order valence-corrected chi connectivity index (χ3v) is 12.1. The zero-order valence-electron chi connectivity index (χ0n) is 21.8. The van der Waals surface area contributed by atoms with Gasteiger partial charge in [0.2, 0.25) is 5.79 Å². The number of nitrogens with zero attached hydrogens (tertiary/aromatic N) is 2. The Balaban J connectivity index is 1.31. The fraction of sp³-hybridized carbons (Fsp3) is 0.786. The van der Waals surface area contributed by atoms with E-state index < -0.39 is 34.7 Å². The normalized spacial score (nSPS) is 45.9. The quantitative estimate of drug-likeness (QED) is 0.439. The molecular formula is C28H39N3O5S. The van der Waals surface area contributed by atoms with Crippen LogP contribution in [0, 0.1) is 28.6 Å². The summed E-state index contributed by atoms with van der Waals surface area (Å²) in [5.74, 6) is -3.62. The number of ether oxygens (including phenoxy) is 1. The van der Waals surface area contributed by atoms with Crippen LogP contribution in [-0.4, -0.2) is 81.8 Å². The number of carbonyl (C=O) groups excluding carboxylic acids is 1. The number of ketones is 1. The van der Waals surface area contributed by atoms with Gasteiger partial charge < -0.3 is 30.3 Å². The maximum Gasteiger partial charge on any atom is 0.208 e. The minimum atomic E-state index is -2.14. The molecule has 4 aliphatic carbocycles. The van der Waals surface area contributed by atoms with Crippen LogP contribution < -0.4 is 5.32 Å². The molecule has 2 spiro atoms. The molecule has 3 saturated carbocycles. The standard InChI is InChI=1S/C28H39N3O5S/c1-15-16-7-8-18-26-14-36-28(35,27(18,21(15)32)22(16)33)23(34)19(26)25(2,3)13-17-20(26)30-24(37-17)29-9-12-31-10-5-4-6-11-31/h16,18-19,22-23,33-35H,1,4-14H2,2-3H3,(H,29,30)/t16?,18?,19?,22-,23+,26+,27+,28?/m1/s1. The number of nitrogens with one attached hydrogen (secondary N) is 1. The van der Waals surface area contributed by atoms with E-state index >= 15 is 0 Å². The third kappa shape index (κ3) is 2.81. The second-order valence-corrected chi connectivity index (χ2v) is 14.2. The van der Waals surface area contributed by atoms with Gasteiger partial charge >= 0.3 is 0 Å². The molecular weight excluding hydrogens is 490 g/mol. The SMILES string of the molecule is C=C1C(=O)[C@@]23C(CCC1[C@H]2O)[C@@]12COC3(O)[C@@H](O)C1C(C)(C)Cc1sc(NCCN3CCCCC3)nc12. The second-order valence-electron chi connectivity index (χ2n) is 13.1. The minimum Gasteiger partial charge on any atom is -0.391 e. The maximum absolute atomic E-state index is 13.9. The number of fused-ring (bicyclic) bond motifs is 3. The van der Waals surface area contributed by atoms with E-state index in [0.717, 1.165) is 48.3 Å². The second kappa shape index (κ2) is 7.86. The van der Waals surface area contributed by atoms with Crippen LogP contribution in [0.2, 0.25) is 0 Å². The van der Waals surface area contributed by atoms with Gasteiger partial charge in [-0.15, -0.1) is 11.3 Å². The molecule has 4 N–H and O–H groups in total. The number of aliphatic hydroxyl groups excluding tert-OH is 2. The number of aromatic nitrogens is 1. The van der Waals surface area contributed by atoms with Crippen LogP contribution in [0.5, 0.6) is 0 Å². The zero-order valence-corrected chi connectivity index (χ0v) is 22.6. The van der Waals surface area contributed by atoms with Crippen LogP contribution in [0.25, 0.3) is 0 Å². The predicted octanol–water partition coefficient (Wildman–Crippen LogP) is 2.08. The number of carbonyl (C=O) groups is 1. The molecule has 6 fully saturated rings. The lowest BCUT2D eigenvalue weighted by atomic mass is 9.36. The molecule has 1 aromatic rings. The molecule has 8 nitrogen and oxygen atoms in total. The zero-order chi connectivity index (χ0) is 26.0. The summed E-state index contributed by atoms with van der Waals surface area (Å²) in [5, 5.41) is 39.9. The van der Waals surface area contributed by atoms with Gasteiger partial charge in [0.05, 0.1) is 18.4 Å². The fourth-order valence-corrected chi connectivity index (χ4v) is 11.0. The van der Waals surface area contributed by atoms with Gasteiger partial charge in [-0.3, -0.25) is 4.79 Å². The highest BCUT2D eigenvalue weighted by molar-refractivity contribution is 7.15. The van der Waals surface area contributed by atoms with Crippen LogP contribution in [0.3, 0.4) is 0 Å². The summed E-state index contributed by atoms with van der Waals surface area (Å²) in [5.41, 5.74) is -1.49. The van der Waals surface area contributed by atoms with Gasteiger partial charge in [0.25, 0.3) is 0 Å². The summed E-state index contributed by atoms with van der Waals surface area (Å²) in [7, 11) is 0. The summed E-state index contributed by atoms with van der Waals surface area (Å²) in [6, 6.07) is 0. The van der Waals surface area contributed by atoms with Gasteiger partial charge in [-0.25, -0.2) is 4.98 Å². The Morgan fingerprint density at radius 1 is 1.19 bits per heavy atom. The maximum atomic E-state index is 13.9. The van der Waals surface area contributed by atoms with Crippen molar-refractivity contribution in [3.05, 3.63) is 22.7 Å². The molecule has 8 rings (SSSR count). The van der Waals surface area contributed by atoms with E-state index in [1.165, 1.54) is 19.3 Å². The molecule has 8 atom stereocenters. The van der Waals surface area contributed by atoms with Gasteiger partial charge in [-0.2, -0.15) is 0 Å². The van der Waals surface area contributed by atoms with Crippen molar-refractivity contribution < 1.29 is 24.9 Å². The van der Waals surface area contributed by atoms with E-state index in [4.69, 9.17) is 9.72 Å². The molecule has 9 heteroatoms. The summed E-state index contributed by atoms with van der Waals surface area (Å²) < 4.78 is 6.16. The summed E-state index contributed by atoms with van der Waals surface area (Å²) in [6.07, 6.45) is 3.43. The van der Waals surface area contributed by atoms with Crippen LogP contribution in [0.15, 0.2) is 12.2 Å². The van der Waals surface area contributed by atoms with Crippen LogP contribution in [-0.2, 0) is 21.4 Å². The monoisotopic (exact) mass is 529 g/mol. The number of piperidine rings is 1. The molecule has 1 aromatic heterocycles. The van der Waals surface area contributed by atoms with E-state index in [0.29, 0.717) is 18.4 Å². The number of hydrogen-bond donors (Lipinski definition) is 4. The highest BCUT2D eigenvalue weighted by atomic mass is 32.1. The molecule has 3 saturated heterocycles. The van der Waals surface area contributed by atoms with E-state index in [1.807, 2.05) is 0 Å². The number of anilines is 1. The Morgan fingerprint density at radius 2 is 1.95 bits per heavy atom. The Labute approximate surface area is 222 Å². The average Bonchev–Trinajstić information content (AvgIpc) is 3.30. The number of hydrogen-bond acceptors (Lipinski definition) is 9. The molecule has 4 bridgehead atoms. The van der Waals surface area contributed by atoms with Crippen molar-refractivity contribution in [2.75, 3.05) is 38.1 Å². The van der Waals surface area contributed by atoms with Crippen molar-refractivity contribution in [2.45, 2.75) is 75.8 Å². The van der Waals surface area contributed by atoms with Crippen molar-refractivity contribution in [1.82, 2.24) is 9.88 Å². The topological polar surface area (TPSA) is 115 Å². The van der Waals surface area contributed by atoms with E-state index in [9.17, 15) is 20.1 Å². The molecule has 0 radical (unpaired) electrons. The number of likely N-dealkylation sites (tertiary alicyclic amines) is 1. The van der Waals surface area contributed by atoms with Gasteiger partial charge in [0.15, 0.2) is 10.9 Å². The van der Waals surface area contributed by atoms with Crippen molar-refractivity contribution in [1.29, 1.82) is 0 Å². The Morgan fingerprint density at radius 3 is 2.70 bits per heavy atom. The van der Waals surface area contributed by atoms with Crippen molar-refractivity contribution >= 4 is 22.3 Å². The Hall–Kier alpha value is -1.36. The molecule has 0 amide bonds. The molecule has 37 heavy (non-hydrogen) atoms. The van der Waals surface area contributed by atoms with Gasteiger partial charge in [-0.05, 0) is 62.1 Å². The smallest absolute Gasteiger partial charge is 0.208 e. The van der Waals surface area contributed by atoms with Gasteiger partial charge in [-0.1, -0.05) is 26.8 Å². The fourth-order valence-electron chi connectivity index (χ4n) is 9.67. The first kappa shape index (κ1) is 24.7. The Bertz CT molecular complexity index is 1160. The first-order valence-electron chi connectivity index (χ1n) is 14.0. The highest BCUT2D eigenvalue weighted by Gasteiger charge is 2.86. The first-order valence-corrected chi connectivity index (χ1v) is 14.8. The van der Waals surface area contributed by atoms with E-state index in [2.05, 4.69) is 30.6 Å². The number of aliphatic hydroxyl groups is 3. The average molecular weight is 530 g/mol.